The third-order valence-corrected chi connectivity index (χ3v) is 1.08. The molecule has 4 nitrogen and oxygen atoms in total. The number of rotatable bonds is 4. The van der Waals surface area contributed by atoms with Crippen LogP contribution in [0.5, 0.6) is 0 Å². The number of aliphatic hydroxyl groups is 3. The molecule has 0 aliphatic heterocycles. The van der Waals surface area contributed by atoms with E-state index >= 15 is 0 Å². The quantitative estimate of drug-likeness (QED) is 0.456. The zero-order valence-electron chi connectivity index (χ0n) is 5.74. The first kappa shape index (κ1) is 9.55. The Morgan fingerprint density at radius 3 is 2.30 bits per heavy atom. The van der Waals surface area contributed by atoms with Crippen molar-refractivity contribution in [1.82, 2.24) is 0 Å². The van der Waals surface area contributed by atoms with E-state index in [2.05, 4.69) is 0 Å². The van der Waals surface area contributed by atoms with Crippen molar-refractivity contribution in [2.24, 2.45) is 0 Å². The van der Waals surface area contributed by atoms with E-state index in [4.69, 9.17) is 15.3 Å². The third kappa shape index (κ3) is 2.91. The normalized spacial score (nSPS) is 19.6. The molecule has 2 unspecified atom stereocenters. The second kappa shape index (κ2) is 3.65. The zero-order valence-corrected chi connectivity index (χ0v) is 5.74. The van der Waals surface area contributed by atoms with Crippen molar-refractivity contribution in [3.05, 3.63) is 0 Å². The van der Waals surface area contributed by atoms with Crippen LogP contribution in [0.3, 0.4) is 0 Å². The van der Waals surface area contributed by atoms with Gasteiger partial charge in [0, 0.05) is 6.42 Å². The van der Waals surface area contributed by atoms with Gasteiger partial charge in [-0.15, -0.1) is 0 Å². The van der Waals surface area contributed by atoms with Crippen LogP contribution in [-0.2, 0) is 4.79 Å². The van der Waals surface area contributed by atoms with Crippen LogP contribution in [0.15, 0.2) is 0 Å². The summed E-state index contributed by atoms with van der Waals surface area (Å²) in [5.74, 6) is 0. The second-order valence-corrected chi connectivity index (χ2v) is 2.34. The van der Waals surface area contributed by atoms with Gasteiger partial charge in [0.1, 0.15) is 0 Å². The maximum Gasteiger partial charge on any atom is 0.235 e. The standard InChI is InChI=1S/C6H11O4/c1-5(9)2-6(10,3-7)4-8/h5,7,9-10H,2-3H2,1H3. The fraction of sp³-hybridized carbons (Fsp3) is 0.833. The first-order valence-corrected chi connectivity index (χ1v) is 2.94. The van der Waals surface area contributed by atoms with Crippen molar-refractivity contribution in [3.8, 4) is 0 Å². The summed E-state index contributed by atoms with van der Waals surface area (Å²) < 4.78 is 0. The molecule has 0 aromatic rings. The third-order valence-electron chi connectivity index (χ3n) is 1.08. The van der Waals surface area contributed by atoms with Gasteiger partial charge >= 0.3 is 0 Å². The molecule has 0 aromatic heterocycles. The number of carbonyl (C=O) groups excluding carboxylic acids is 1. The van der Waals surface area contributed by atoms with Gasteiger partial charge < -0.3 is 15.3 Å². The van der Waals surface area contributed by atoms with Crippen LogP contribution in [0, 0.1) is 0 Å². The average molecular weight is 147 g/mol. The van der Waals surface area contributed by atoms with E-state index in [-0.39, 0.29) is 6.42 Å². The van der Waals surface area contributed by atoms with Gasteiger partial charge in [-0.3, -0.25) is 4.79 Å². The summed E-state index contributed by atoms with van der Waals surface area (Å²) in [6.07, 6.45) is 0.247. The molecule has 59 valence electrons. The van der Waals surface area contributed by atoms with Crippen molar-refractivity contribution in [1.29, 1.82) is 0 Å². The van der Waals surface area contributed by atoms with Crippen LogP contribution >= 0.6 is 0 Å². The lowest BCUT2D eigenvalue weighted by atomic mass is 10.00. The lowest BCUT2D eigenvalue weighted by molar-refractivity contribution is 0.00337. The molecule has 3 N–H and O–H groups in total. The van der Waals surface area contributed by atoms with Crippen LogP contribution in [0.4, 0.5) is 0 Å². The van der Waals surface area contributed by atoms with E-state index in [0.717, 1.165) is 0 Å². The molecule has 0 rings (SSSR count). The van der Waals surface area contributed by atoms with E-state index in [1.54, 1.807) is 0 Å². The molecule has 10 heavy (non-hydrogen) atoms. The number of hydrogen-bond acceptors (Lipinski definition) is 4. The van der Waals surface area contributed by atoms with E-state index in [0.29, 0.717) is 0 Å². The maximum atomic E-state index is 9.95. The Bertz CT molecular complexity index is 112. The van der Waals surface area contributed by atoms with Gasteiger partial charge in [0.2, 0.25) is 6.29 Å². The van der Waals surface area contributed by atoms with E-state index in [9.17, 15) is 4.79 Å². The molecule has 0 bridgehead atoms. The first-order chi connectivity index (χ1) is 4.54. The van der Waals surface area contributed by atoms with E-state index < -0.39 is 18.3 Å². The van der Waals surface area contributed by atoms with Gasteiger partial charge in [-0.25, -0.2) is 0 Å². The Morgan fingerprint density at radius 1 is 1.70 bits per heavy atom. The van der Waals surface area contributed by atoms with Crippen molar-refractivity contribution >= 4 is 6.29 Å². The van der Waals surface area contributed by atoms with Crippen LogP contribution in [0.1, 0.15) is 13.3 Å². The molecular formula is C6H11O4. The Balaban J connectivity index is 3.92. The van der Waals surface area contributed by atoms with E-state index in [1.807, 2.05) is 0 Å². The van der Waals surface area contributed by atoms with Gasteiger partial charge in [-0.2, -0.15) is 0 Å². The largest absolute Gasteiger partial charge is 0.393 e. The first-order valence-electron chi connectivity index (χ1n) is 2.94. The summed E-state index contributed by atoms with van der Waals surface area (Å²) >= 11 is 0. The van der Waals surface area contributed by atoms with Gasteiger partial charge in [0.15, 0.2) is 5.60 Å². The fourth-order valence-electron chi connectivity index (χ4n) is 0.627. The highest BCUT2D eigenvalue weighted by Gasteiger charge is 2.28. The van der Waals surface area contributed by atoms with Gasteiger partial charge in [0.25, 0.3) is 0 Å². The Hall–Kier alpha value is -0.450. The molecule has 0 spiro atoms. The predicted molar refractivity (Wildman–Crippen MR) is 34.0 cm³/mol. The summed E-state index contributed by atoms with van der Waals surface area (Å²) in [5, 5.41) is 26.1. The van der Waals surface area contributed by atoms with Crippen molar-refractivity contribution in [2.75, 3.05) is 6.61 Å². The zero-order chi connectivity index (χ0) is 8.20. The molecule has 0 heterocycles. The van der Waals surface area contributed by atoms with Gasteiger partial charge in [-0.05, 0) is 6.92 Å². The van der Waals surface area contributed by atoms with Crippen LogP contribution in [0.2, 0.25) is 0 Å². The number of hydrogen-bond donors (Lipinski definition) is 3. The summed E-state index contributed by atoms with van der Waals surface area (Å²) in [7, 11) is 0. The predicted octanol–water partition coefficient (Wildman–Crippen LogP) is -1.41. The monoisotopic (exact) mass is 147 g/mol. The summed E-state index contributed by atoms with van der Waals surface area (Å²) in [5.41, 5.74) is -1.89. The van der Waals surface area contributed by atoms with Crippen LogP contribution < -0.4 is 0 Å². The topological polar surface area (TPSA) is 77.8 Å². The van der Waals surface area contributed by atoms with Gasteiger partial charge in [-0.1, -0.05) is 0 Å². The fourth-order valence-corrected chi connectivity index (χ4v) is 0.627. The molecule has 0 saturated heterocycles. The second-order valence-electron chi connectivity index (χ2n) is 2.34. The minimum Gasteiger partial charge on any atom is -0.393 e. The highest BCUT2D eigenvalue weighted by Crippen LogP contribution is 2.08. The molecule has 0 amide bonds. The highest BCUT2D eigenvalue weighted by molar-refractivity contribution is 5.63. The molecule has 0 aliphatic carbocycles. The van der Waals surface area contributed by atoms with Crippen LogP contribution in [-0.4, -0.2) is 39.9 Å². The smallest absolute Gasteiger partial charge is 0.235 e. The number of aliphatic hydroxyl groups excluding tert-OH is 2. The molecule has 0 saturated carbocycles. The summed E-state index contributed by atoms with van der Waals surface area (Å²) in [4.78, 5) is 9.95. The Morgan fingerprint density at radius 2 is 2.20 bits per heavy atom. The SMILES string of the molecule is CC(O)CC(O)([C]=O)CO. The Kier molecular flexibility index (Phi) is 3.49. The Labute approximate surface area is 59.1 Å². The lowest BCUT2D eigenvalue weighted by Crippen LogP contribution is -2.38. The molecule has 0 aromatic carbocycles. The van der Waals surface area contributed by atoms with Gasteiger partial charge in [0.05, 0.1) is 12.7 Å². The van der Waals surface area contributed by atoms with Crippen molar-refractivity contribution < 1.29 is 20.1 Å². The minimum absolute atomic E-state index is 0.188. The van der Waals surface area contributed by atoms with E-state index in [1.165, 1.54) is 13.2 Å². The highest BCUT2D eigenvalue weighted by atomic mass is 16.3. The molecule has 4 heteroatoms. The molecular weight excluding hydrogens is 136 g/mol. The van der Waals surface area contributed by atoms with Crippen LogP contribution in [0.25, 0.3) is 0 Å². The summed E-state index contributed by atoms with van der Waals surface area (Å²) in [6, 6.07) is 0. The minimum atomic E-state index is -1.89. The molecule has 1 radical (unpaired) electrons. The maximum absolute atomic E-state index is 9.95. The average Bonchev–Trinajstić information content (AvgIpc) is 1.87. The molecule has 2 atom stereocenters. The van der Waals surface area contributed by atoms with Crippen molar-refractivity contribution in [2.45, 2.75) is 25.0 Å². The molecule has 0 aliphatic rings. The molecule has 0 fully saturated rings. The lowest BCUT2D eigenvalue weighted by Gasteiger charge is -2.18. The summed E-state index contributed by atoms with van der Waals surface area (Å²) in [6.45, 7) is 0.708. The van der Waals surface area contributed by atoms with Crippen molar-refractivity contribution in [3.63, 3.8) is 0 Å².